The Labute approximate surface area is 199 Å². The topological polar surface area (TPSA) is 49.4 Å². The van der Waals surface area contributed by atoms with Crippen LogP contribution in [0.4, 0.5) is 0 Å². The van der Waals surface area contributed by atoms with E-state index in [-0.39, 0.29) is 17.6 Å². The van der Waals surface area contributed by atoms with Crippen LogP contribution in [0.5, 0.6) is 0 Å². The average Bonchev–Trinajstić information content (AvgIpc) is 2.75. The number of benzene rings is 2. The van der Waals surface area contributed by atoms with Crippen LogP contribution in [0, 0.1) is 0 Å². The van der Waals surface area contributed by atoms with Gasteiger partial charge in [0.2, 0.25) is 11.8 Å². The molecule has 0 saturated heterocycles. The van der Waals surface area contributed by atoms with Crippen LogP contribution in [-0.2, 0) is 21.9 Å². The predicted molar refractivity (Wildman–Crippen MR) is 132 cm³/mol. The third-order valence-corrected chi connectivity index (χ3v) is 6.49. The molecule has 168 valence electrons. The van der Waals surface area contributed by atoms with E-state index < -0.39 is 6.04 Å². The predicted octanol–water partition coefficient (Wildman–Crippen LogP) is 5.95. The Kier molecular flexibility index (Phi) is 11.3. The number of hydrogen-bond donors (Lipinski definition) is 1. The summed E-state index contributed by atoms with van der Waals surface area (Å²) in [5, 5.41) is 4.24. The molecule has 0 spiro atoms. The number of thioether (sulfide) groups is 1. The molecule has 0 bridgehead atoms. The fourth-order valence-electron chi connectivity index (χ4n) is 3.20. The normalized spacial score (nSPS) is 11.7. The third kappa shape index (κ3) is 8.40. The van der Waals surface area contributed by atoms with Gasteiger partial charge in [0.1, 0.15) is 6.04 Å². The first-order chi connectivity index (χ1) is 15.0. The minimum atomic E-state index is -0.535. The van der Waals surface area contributed by atoms with Crippen molar-refractivity contribution in [1.82, 2.24) is 10.2 Å². The molecular formula is C24H30Cl2N2O2S. The van der Waals surface area contributed by atoms with Gasteiger partial charge in [0, 0.05) is 28.9 Å². The maximum atomic E-state index is 13.2. The van der Waals surface area contributed by atoms with E-state index in [1.165, 1.54) is 11.8 Å². The summed E-state index contributed by atoms with van der Waals surface area (Å²) in [6.07, 6.45) is 2.45. The molecule has 2 aromatic carbocycles. The van der Waals surface area contributed by atoms with Crippen molar-refractivity contribution < 1.29 is 9.59 Å². The Morgan fingerprint density at radius 3 is 2.55 bits per heavy atom. The first-order valence-corrected chi connectivity index (χ1v) is 12.5. The van der Waals surface area contributed by atoms with Crippen LogP contribution in [0.15, 0.2) is 48.5 Å². The quantitative estimate of drug-likeness (QED) is 0.381. The van der Waals surface area contributed by atoms with Gasteiger partial charge in [-0.2, -0.15) is 0 Å². The molecule has 7 heteroatoms. The van der Waals surface area contributed by atoms with Crippen LogP contribution < -0.4 is 5.32 Å². The zero-order chi connectivity index (χ0) is 22.6. The maximum Gasteiger partial charge on any atom is 0.242 e. The van der Waals surface area contributed by atoms with Crippen LogP contribution >= 0.6 is 35.0 Å². The van der Waals surface area contributed by atoms with E-state index in [9.17, 15) is 9.59 Å². The van der Waals surface area contributed by atoms with Gasteiger partial charge in [-0.25, -0.2) is 0 Å². The highest BCUT2D eigenvalue weighted by atomic mass is 35.5. The fraction of sp³-hybridized carbons (Fsp3) is 0.417. The number of nitrogens with zero attached hydrogens (tertiary/aromatic N) is 1. The molecule has 1 N–H and O–H groups in total. The second kappa shape index (κ2) is 13.7. The van der Waals surface area contributed by atoms with Crippen LogP contribution in [-0.4, -0.2) is 35.1 Å². The SMILES string of the molecule is CCCCNC(=O)C(CC)N(Cc1ccccc1Cl)C(=O)CSCc1cccc(Cl)c1. The molecule has 31 heavy (non-hydrogen) atoms. The van der Waals surface area contributed by atoms with E-state index in [1.807, 2.05) is 49.4 Å². The highest BCUT2D eigenvalue weighted by Crippen LogP contribution is 2.22. The second-order valence-electron chi connectivity index (χ2n) is 7.30. The largest absolute Gasteiger partial charge is 0.354 e. The van der Waals surface area contributed by atoms with Crippen LogP contribution in [0.25, 0.3) is 0 Å². The number of unbranched alkanes of at least 4 members (excludes halogenated alkanes) is 1. The van der Waals surface area contributed by atoms with Gasteiger partial charge in [0.05, 0.1) is 5.75 Å². The Morgan fingerprint density at radius 1 is 1.10 bits per heavy atom. The molecule has 1 atom stereocenters. The van der Waals surface area contributed by atoms with Crippen molar-refractivity contribution in [3.8, 4) is 0 Å². The molecule has 0 fully saturated rings. The van der Waals surface area contributed by atoms with Crippen molar-refractivity contribution >= 4 is 46.8 Å². The molecule has 2 amide bonds. The fourth-order valence-corrected chi connectivity index (χ4v) is 4.47. The smallest absolute Gasteiger partial charge is 0.242 e. The highest BCUT2D eigenvalue weighted by molar-refractivity contribution is 7.99. The van der Waals surface area contributed by atoms with E-state index in [0.717, 1.165) is 24.0 Å². The molecule has 4 nitrogen and oxygen atoms in total. The molecule has 2 rings (SSSR count). The molecule has 0 aliphatic heterocycles. The number of amides is 2. The number of hydrogen-bond acceptors (Lipinski definition) is 3. The van der Waals surface area contributed by atoms with Crippen molar-refractivity contribution in [2.45, 2.75) is 51.4 Å². The standard InChI is InChI=1S/C24H30Cl2N2O2S/c1-3-5-13-27-24(30)22(4-2)28(15-19-10-6-7-12-21(19)26)23(29)17-31-16-18-9-8-11-20(25)14-18/h6-12,14,22H,3-5,13,15-17H2,1-2H3,(H,27,30). The van der Waals surface area contributed by atoms with E-state index in [2.05, 4.69) is 12.2 Å². The van der Waals surface area contributed by atoms with Crippen molar-refractivity contribution in [2.24, 2.45) is 0 Å². The molecule has 2 aromatic rings. The summed E-state index contributed by atoms with van der Waals surface area (Å²) in [6, 6.07) is 14.5. The molecule has 0 aliphatic carbocycles. The summed E-state index contributed by atoms with van der Waals surface area (Å²) >= 11 is 13.9. The van der Waals surface area contributed by atoms with Gasteiger partial charge < -0.3 is 10.2 Å². The second-order valence-corrected chi connectivity index (χ2v) is 9.13. The van der Waals surface area contributed by atoms with Crippen molar-refractivity contribution in [1.29, 1.82) is 0 Å². The lowest BCUT2D eigenvalue weighted by Crippen LogP contribution is -2.49. The molecule has 0 radical (unpaired) electrons. The highest BCUT2D eigenvalue weighted by Gasteiger charge is 2.28. The van der Waals surface area contributed by atoms with Gasteiger partial charge in [0.15, 0.2) is 0 Å². The van der Waals surface area contributed by atoms with Gasteiger partial charge >= 0.3 is 0 Å². The summed E-state index contributed by atoms with van der Waals surface area (Å²) < 4.78 is 0. The Morgan fingerprint density at radius 2 is 1.87 bits per heavy atom. The lowest BCUT2D eigenvalue weighted by molar-refractivity contribution is -0.139. The number of halogens is 2. The van der Waals surface area contributed by atoms with Gasteiger partial charge in [-0.15, -0.1) is 11.8 Å². The molecule has 0 aromatic heterocycles. The molecular weight excluding hydrogens is 451 g/mol. The molecule has 0 heterocycles. The zero-order valence-corrected chi connectivity index (χ0v) is 20.4. The summed E-state index contributed by atoms with van der Waals surface area (Å²) in [7, 11) is 0. The van der Waals surface area contributed by atoms with Crippen molar-refractivity contribution in [3.63, 3.8) is 0 Å². The van der Waals surface area contributed by atoms with Gasteiger partial charge in [0.25, 0.3) is 0 Å². The van der Waals surface area contributed by atoms with Gasteiger partial charge in [-0.1, -0.05) is 73.8 Å². The molecule has 1 unspecified atom stereocenters. The molecule has 0 saturated carbocycles. The van der Waals surface area contributed by atoms with Gasteiger partial charge in [-0.05, 0) is 42.2 Å². The number of carbonyl (C=O) groups is 2. The van der Waals surface area contributed by atoms with E-state index in [0.29, 0.717) is 35.3 Å². The Bertz CT molecular complexity index is 863. The third-order valence-electron chi connectivity index (χ3n) is 4.90. The van der Waals surface area contributed by atoms with E-state index >= 15 is 0 Å². The number of nitrogens with one attached hydrogen (secondary N) is 1. The average molecular weight is 481 g/mol. The minimum Gasteiger partial charge on any atom is -0.354 e. The Balaban J connectivity index is 2.11. The number of carbonyl (C=O) groups excluding carboxylic acids is 2. The lowest BCUT2D eigenvalue weighted by Gasteiger charge is -2.31. The summed E-state index contributed by atoms with van der Waals surface area (Å²) in [5.41, 5.74) is 1.89. The van der Waals surface area contributed by atoms with E-state index in [4.69, 9.17) is 23.2 Å². The molecule has 0 aliphatic rings. The first kappa shape index (κ1) is 25.6. The van der Waals surface area contributed by atoms with Crippen molar-refractivity contribution in [3.05, 3.63) is 69.7 Å². The summed E-state index contributed by atoms with van der Waals surface area (Å²) in [4.78, 5) is 27.7. The van der Waals surface area contributed by atoms with Crippen LogP contribution in [0.3, 0.4) is 0 Å². The van der Waals surface area contributed by atoms with Crippen LogP contribution in [0.2, 0.25) is 10.0 Å². The Hall–Kier alpha value is -1.69. The van der Waals surface area contributed by atoms with E-state index in [1.54, 1.807) is 11.0 Å². The summed E-state index contributed by atoms with van der Waals surface area (Å²) in [6.45, 7) is 4.92. The summed E-state index contributed by atoms with van der Waals surface area (Å²) in [5.74, 6) is 0.752. The first-order valence-electron chi connectivity index (χ1n) is 10.6. The van der Waals surface area contributed by atoms with Gasteiger partial charge in [-0.3, -0.25) is 9.59 Å². The zero-order valence-electron chi connectivity index (χ0n) is 18.1. The minimum absolute atomic E-state index is 0.0792. The van der Waals surface area contributed by atoms with Crippen LogP contribution in [0.1, 0.15) is 44.2 Å². The lowest BCUT2D eigenvalue weighted by atomic mass is 10.1. The maximum absolute atomic E-state index is 13.2. The monoisotopic (exact) mass is 480 g/mol. The van der Waals surface area contributed by atoms with Crippen molar-refractivity contribution in [2.75, 3.05) is 12.3 Å². The number of rotatable bonds is 12.